The van der Waals surface area contributed by atoms with Crippen molar-refractivity contribution < 1.29 is 22.7 Å². The maximum absolute atomic E-state index is 13.0. The lowest BCUT2D eigenvalue weighted by atomic mass is 10.1. The van der Waals surface area contributed by atoms with Crippen LogP contribution in [0.5, 0.6) is 11.5 Å². The number of piperidine rings is 1. The van der Waals surface area contributed by atoms with Gasteiger partial charge in [-0.3, -0.25) is 4.79 Å². The Labute approximate surface area is 178 Å². The Morgan fingerprint density at radius 2 is 1.80 bits per heavy atom. The van der Waals surface area contributed by atoms with Gasteiger partial charge in [0.05, 0.1) is 19.1 Å². The number of carbonyl (C=O) groups excluding carboxylic acids is 1. The molecule has 30 heavy (non-hydrogen) atoms. The first-order chi connectivity index (χ1) is 14.4. The number of aryl methyl sites for hydroxylation is 1. The van der Waals surface area contributed by atoms with E-state index < -0.39 is 10.0 Å². The minimum Gasteiger partial charge on any atom is -0.493 e. The highest BCUT2D eigenvalue weighted by Gasteiger charge is 2.27. The van der Waals surface area contributed by atoms with Crippen molar-refractivity contribution in [2.45, 2.75) is 37.6 Å². The number of hydrogen-bond acceptors (Lipinski definition) is 5. The fourth-order valence-corrected chi connectivity index (χ4v) is 5.17. The Kier molecular flexibility index (Phi) is 6.99. The minimum absolute atomic E-state index is 0.152. The molecule has 0 spiro atoms. The summed E-state index contributed by atoms with van der Waals surface area (Å²) in [6.07, 6.45) is 2.77. The van der Waals surface area contributed by atoms with Crippen molar-refractivity contribution in [2.75, 3.05) is 27.3 Å². The van der Waals surface area contributed by atoms with Crippen LogP contribution in [0.1, 0.15) is 40.7 Å². The van der Waals surface area contributed by atoms with Crippen LogP contribution in [0.3, 0.4) is 0 Å². The molecule has 0 unspecified atom stereocenters. The van der Waals surface area contributed by atoms with Crippen LogP contribution in [-0.4, -0.2) is 45.9 Å². The lowest BCUT2D eigenvalue weighted by molar-refractivity contribution is 0.0949. The molecule has 1 amide bonds. The van der Waals surface area contributed by atoms with Crippen molar-refractivity contribution in [1.29, 1.82) is 0 Å². The van der Waals surface area contributed by atoms with E-state index in [1.165, 1.54) is 10.4 Å². The Hall–Kier alpha value is -2.58. The summed E-state index contributed by atoms with van der Waals surface area (Å²) in [6, 6.07) is 10.2. The van der Waals surface area contributed by atoms with Gasteiger partial charge >= 0.3 is 0 Å². The Morgan fingerprint density at radius 1 is 1.07 bits per heavy atom. The standard InChI is InChI=1S/C22H28N2O5S/c1-16-10-11-18(30(26,27)24-12-5-4-6-13-24)14-19(16)22(25)23-15-17-8-7-9-20(28-2)21(17)29-3/h7-11,14H,4-6,12-13,15H2,1-3H3,(H,23,25). The van der Waals surface area contributed by atoms with Gasteiger partial charge < -0.3 is 14.8 Å². The summed E-state index contributed by atoms with van der Waals surface area (Å²) in [6.45, 7) is 3.06. The van der Waals surface area contributed by atoms with Crippen LogP contribution in [0.2, 0.25) is 0 Å². The number of nitrogens with one attached hydrogen (secondary N) is 1. The van der Waals surface area contributed by atoms with Crippen molar-refractivity contribution in [3.05, 3.63) is 53.1 Å². The van der Waals surface area contributed by atoms with Crippen molar-refractivity contribution in [3.8, 4) is 11.5 Å². The summed E-state index contributed by atoms with van der Waals surface area (Å²) in [5, 5.41) is 2.86. The molecule has 0 aliphatic carbocycles. The molecule has 0 radical (unpaired) electrons. The van der Waals surface area contributed by atoms with Crippen molar-refractivity contribution in [1.82, 2.24) is 9.62 Å². The highest BCUT2D eigenvalue weighted by atomic mass is 32.2. The van der Waals surface area contributed by atoms with Gasteiger partial charge in [-0.25, -0.2) is 8.42 Å². The molecular weight excluding hydrogens is 404 g/mol. The van der Waals surface area contributed by atoms with Crippen LogP contribution in [-0.2, 0) is 16.6 Å². The molecule has 162 valence electrons. The number of nitrogens with zero attached hydrogens (tertiary/aromatic N) is 1. The van der Waals surface area contributed by atoms with E-state index in [0.717, 1.165) is 24.8 Å². The molecular formula is C22H28N2O5S. The maximum Gasteiger partial charge on any atom is 0.251 e. The van der Waals surface area contributed by atoms with Gasteiger partial charge in [-0.2, -0.15) is 4.31 Å². The molecule has 0 atom stereocenters. The second-order valence-electron chi connectivity index (χ2n) is 7.28. The summed E-state index contributed by atoms with van der Waals surface area (Å²) in [5.41, 5.74) is 1.82. The predicted octanol–water partition coefficient (Wildman–Crippen LogP) is 3.12. The Balaban J connectivity index is 1.81. The van der Waals surface area contributed by atoms with E-state index in [2.05, 4.69) is 5.32 Å². The summed E-state index contributed by atoms with van der Waals surface area (Å²) < 4.78 is 38.1. The van der Waals surface area contributed by atoms with E-state index in [9.17, 15) is 13.2 Å². The zero-order valence-corrected chi connectivity index (χ0v) is 18.4. The highest BCUT2D eigenvalue weighted by molar-refractivity contribution is 7.89. The van der Waals surface area contributed by atoms with E-state index in [0.29, 0.717) is 35.7 Å². The van der Waals surface area contributed by atoms with Gasteiger partial charge in [0.25, 0.3) is 5.91 Å². The number of carbonyl (C=O) groups is 1. The summed E-state index contributed by atoms with van der Waals surface area (Å²) in [7, 11) is -0.507. The molecule has 3 rings (SSSR count). The zero-order chi connectivity index (χ0) is 21.7. The van der Waals surface area contributed by atoms with E-state index in [1.54, 1.807) is 39.3 Å². The number of amides is 1. The number of sulfonamides is 1. The smallest absolute Gasteiger partial charge is 0.251 e. The van der Waals surface area contributed by atoms with Gasteiger partial charge in [-0.15, -0.1) is 0 Å². The third-order valence-corrected chi connectivity index (χ3v) is 7.22. The fourth-order valence-electron chi connectivity index (χ4n) is 3.62. The van der Waals surface area contributed by atoms with Gasteiger partial charge in [-0.05, 0) is 43.5 Å². The molecule has 1 N–H and O–H groups in total. The van der Waals surface area contributed by atoms with Gasteiger partial charge in [-0.1, -0.05) is 24.6 Å². The number of para-hydroxylation sites is 1. The Morgan fingerprint density at radius 3 is 2.47 bits per heavy atom. The molecule has 1 heterocycles. The monoisotopic (exact) mass is 432 g/mol. The molecule has 7 nitrogen and oxygen atoms in total. The van der Waals surface area contributed by atoms with Crippen molar-refractivity contribution in [2.24, 2.45) is 0 Å². The van der Waals surface area contributed by atoms with Crippen LogP contribution in [0.15, 0.2) is 41.3 Å². The molecule has 1 aliphatic heterocycles. The minimum atomic E-state index is -3.60. The van der Waals surface area contributed by atoms with Crippen LogP contribution >= 0.6 is 0 Å². The molecule has 0 saturated carbocycles. The molecule has 8 heteroatoms. The third-order valence-electron chi connectivity index (χ3n) is 5.33. The molecule has 2 aromatic carbocycles. The Bertz CT molecular complexity index is 1010. The van der Waals surface area contributed by atoms with Crippen LogP contribution in [0.25, 0.3) is 0 Å². The van der Waals surface area contributed by atoms with Gasteiger partial charge in [0.15, 0.2) is 11.5 Å². The number of methoxy groups -OCH3 is 2. The molecule has 1 aliphatic rings. The SMILES string of the molecule is COc1cccc(CNC(=O)c2cc(S(=O)(=O)N3CCCCC3)ccc2C)c1OC. The molecule has 2 aromatic rings. The summed E-state index contributed by atoms with van der Waals surface area (Å²) in [4.78, 5) is 13.0. The second-order valence-corrected chi connectivity index (χ2v) is 9.21. The lowest BCUT2D eigenvalue weighted by Crippen LogP contribution is -2.35. The average molecular weight is 433 g/mol. The lowest BCUT2D eigenvalue weighted by Gasteiger charge is -2.26. The normalized spacial score (nSPS) is 14.9. The van der Waals surface area contributed by atoms with Gasteiger partial charge in [0.2, 0.25) is 10.0 Å². The van der Waals surface area contributed by atoms with Gasteiger partial charge in [0, 0.05) is 30.8 Å². The van der Waals surface area contributed by atoms with E-state index in [1.807, 2.05) is 12.1 Å². The average Bonchev–Trinajstić information content (AvgIpc) is 2.77. The van der Waals surface area contributed by atoms with Crippen LogP contribution in [0.4, 0.5) is 0 Å². The number of hydrogen-bond donors (Lipinski definition) is 1. The summed E-state index contributed by atoms with van der Waals surface area (Å²) in [5.74, 6) is 0.793. The zero-order valence-electron chi connectivity index (χ0n) is 17.6. The first-order valence-electron chi connectivity index (χ1n) is 9.97. The first kappa shape index (κ1) is 22.1. The van der Waals surface area contributed by atoms with E-state index in [4.69, 9.17) is 9.47 Å². The number of ether oxygens (including phenoxy) is 2. The fraction of sp³-hybridized carbons (Fsp3) is 0.409. The largest absolute Gasteiger partial charge is 0.493 e. The topological polar surface area (TPSA) is 84.9 Å². The van der Waals surface area contributed by atoms with Crippen molar-refractivity contribution >= 4 is 15.9 Å². The number of rotatable bonds is 7. The number of benzene rings is 2. The molecule has 0 bridgehead atoms. The second kappa shape index (κ2) is 9.49. The van der Waals surface area contributed by atoms with Crippen LogP contribution < -0.4 is 14.8 Å². The molecule has 0 aromatic heterocycles. The summed E-state index contributed by atoms with van der Waals surface area (Å²) >= 11 is 0. The molecule has 1 fully saturated rings. The molecule has 1 saturated heterocycles. The highest BCUT2D eigenvalue weighted by Crippen LogP contribution is 2.30. The maximum atomic E-state index is 13.0. The quantitative estimate of drug-likeness (QED) is 0.727. The third kappa shape index (κ3) is 4.60. The first-order valence-corrected chi connectivity index (χ1v) is 11.4. The van der Waals surface area contributed by atoms with E-state index in [-0.39, 0.29) is 17.3 Å². The van der Waals surface area contributed by atoms with Gasteiger partial charge in [0.1, 0.15) is 0 Å². The van der Waals surface area contributed by atoms with E-state index >= 15 is 0 Å². The van der Waals surface area contributed by atoms with Crippen LogP contribution in [0, 0.1) is 6.92 Å². The van der Waals surface area contributed by atoms with Crippen molar-refractivity contribution in [3.63, 3.8) is 0 Å². The predicted molar refractivity (Wildman–Crippen MR) is 115 cm³/mol.